The van der Waals surface area contributed by atoms with Gasteiger partial charge in [-0.25, -0.2) is 9.50 Å². The van der Waals surface area contributed by atoms with Gasteiger partial charge in [0.2, 0.25) is 5.16 Å². The molecule has 0 amide bonds. The van der Waals surface area contributed by atoms with Gasteiger partial charge in [-0.3, -0.25) is 4.79 Å². The van der Waals surface area contributed by atoms with Gasteiger partial charge < -0.3 is 0 Å². The molecule has 0 spiro atoms. The quantitative estimate of drug-likeness (QED) is 0.408. The average molecular weight is 435 g/mol. The van der Waals surface area contributed by atoms with Crippen molar-refractivity contribution in [2.24, 2.45) is 0 Å². The first kappa shape index (κ1) is 19.3. The number of aryl methyl sites for hydroxylation is 1. The van der Waals surface area contributed by atoms with Gasteiger partial charge in [0.1, 0.15) is 0 Å². The Bertz CT molecular complexity index is 1250. The molecule has 0 saturated heterocycles. The number of fused-ring (bicyclic) bond motifs is 2. The summed E-state index contributed by atoms with van der Waals surface area (Å²) in [7, 11) is 0. The van der Waals surface area contributed by atoms with Crippen LogP contribution in [0, 0.1) is 6.92 Å². The molecule has 2 aromatic carbocycles. The zero-order chi connectivity index (χ0) is 20.7. The first-order chi connectivity index (χ1) is 14.6. The number of carbonyl (C=O) groups excluding carboxylic acids is 1. The van der Waals surface area contributed by atoms with Gasteiger partial charge >= 0.3 is 0 Å². The monoisotopic (exact) mass is 434 g/mol. The van der Waals surface area contributed by atoms with Crippen LogP contribution in [0.4, 0.5) is 0 Å². The van der Waals surface area contributed by atoms with Crippen LogP contribution in [-0.2, 0) is 12.2 Å². The maximum atomic E-state index is 12.8. The highest BCUT2D eigenvalue weighted by atomic mass is 35.5. The standard InChI is InChI=1S/C23H19ClN4OS/c1-14-4-2-3-5-16(14)13-30-23-26-22-25-20-10-17(15-6-8-18(24)9-7-15)11-21(29)19(20)12-28(22)27-23/h2-9,12,17H,10-11,13H2,1H3/t17-/m1/s1. The minimum Gasteiger partial charge on any atom is -0.294 e. The number of ketones is 1. The summed E-state index contributed by atoms with van der Waals surface area (Å²) in [6, 6.07) is 16.0. The molecule has 7 heteroatoms. The van der Waals surface area contributed by atoms with Crippen molar-refractivity contribution < 1.29 is 4.79 Å². The normalized spacial score (nSPS) is 16.1. The summed E-state index contributed by atoms with van der Waals surface area (Å²) in [6.07, 6.45) is 2.95. The van der Waals surface area contributed by atoms with Crippen LogP contribution in [0.15, 0.2) is 59.9 Å². The third-order valence-corrected chi connectivity index (χ3v) is 6.66. The Hall–Kier alpha value is -2.70. The van der Waals surface area contributed by atoms with Gasteiger partial charge in [0, 0.05) is 23.4 Å². The van der Waals surface area contributed by atoms with Gasteiger partial charge in [0.25, 0.3) is 5.78 Å². The molecule has 1 aliphatic carbocycles. The fourth-order valence-electron chi connectivity index (χ4n) is 3.81. The molecule has 0 N–H and O–H groups in total. The molecule has 150 valence electrons. The van der Waals surface area contributed by atoms with Crippen LogP contribution >= 0.6 is 23.4 Å². The van der Waals surface area contributed by atoms with E-state index in [1.165, 1.54) is 11.1 Å². The van der Waals surface area contributed by atoms with Crippen molar-refractivity contribution in [3.8, 4) is 0 Å². The lowest BCUT2D eigenvalue weighted by Crippen LogP contribution is -2.21. The van der Waals surface area contributed by atoms with Crippen molar-refractivity contribution in [3.63, 3.8) is 0 Å². The Balaban J connectivity index is 1.41. The van der Waals surface area contributed by atoms with Crippen LogP contribution < -0.4 is 0 Å². The maximum absolute atomic E-state index is 12.8. The van der Waals surface area contributed by atoms with E-state index < -0.39 is 0 Å². The Morgan fingerprint density at radius 2 is 1.90 bits per heavy atom. The van der Waals surface area contributed by atoms with Crippen molar-refractivity contribution >= 4 is 34.9 Å². The minimum atomic E-state index is 0.0928. The van der Waals surface area contributed by atoms with E-state index >= 15 is 0 Å². The summed E-state index contributed by atoms with van der Waals surface area (Å²) in [4.78, 5) is 22.1. The van der Waals surface area contributed by atoms with Gasteiger partial charge in [-0.15, -0.1) is 5.10 Å². The Labute approximate surface area is 183 Å². The van der Waals surface area contributed by atoms with Gasteiger partial charge in [0.05, 0.1) is 11.3 Å². The molecule has 2 aromatic heterocycles. The number of Topliss-reactive ketones (excluding diaryl/α,β-unsaturated/α-hetero) is 1. The fraction of sp³-hybridized carbons (Fsp3) is 0.217. The van der Waals surface area contributed by atoms with Crippen molar-refractivity contribution in [1.82, 2.24) is 19.6 Å². The zero-order valence-electron chi connectivity index (χ0n) is 16.4. The summed E-state index contributed by atoms with van der Waals surface area (Å²) in [5.41, 5.74) is 5.06. The summed E-state index contributed by atoms with van der Waals surface area (Å²) >= 11 is 7.58. The van der Waals surface area contributed by atoms with E-state index in [4.69, 9.17) is 11.6 Å². The van der Waals surface area contributed by atoms with Crippen LogP contribution in [0.3, 0.4) is 0 Å². The van der Waals surface area contributed by atoms with E-state index in [-0.39, 0.29) is 11.7 Å². The smallest absolute Gasteiger partial charge is 0.253 e. The number of thioether (sulfide) groups is 1. The van der Waals surface area contributed by atoms with E-state index in [2.05, 4.69) is 34.1 Å². The molecule has 30 heavy (non-hydrogen) atoms. The molecule has 1 aliphatic rings. The van der Waals surface area contributed by atoms with Crippen LogP contribution in [0.1, 0.15) is 45.1 Å². The van der Waals surface area contributed by atoms with E-state index in [9.17, 15) is 4.79 Å². The molecule has 1 atom stereocenters. The van der Waals surface area contributed by atoms with Crippen molar-refractivity contribution in [2.75, 3.05) is 0 Å². The molecular weight excluding hydrogens is 416 g/mol. The Morgan fingerprint density at radius 1 is 1.10 bits per heavy atom. The second-order valence-corrected chi connectivity index (χ2v) is 8.91. The minimum absolute atomic E-state index is 0.0928. The summed E-state index contributed by atoms with van der Waals surface area (Å²) in [6.45, 7) is 2.10. The fourth-order valence-corrected chi connectivity index (χ4v) is 4.84. The topological polar surface area (TPSA) is 60.1 Å². The van der Waals surface area contributed by atoms with E-state index in [0.29, 0.717) is 34.4 Å². The lowest BCUT2D eigenvalue weighted by Gasteiger charge is -2.23. The van der Waals surface area contributed by atoms with Gasteiger partial charge in [0.15, 0.2) is 5.78 Å². The third kappa shape index (κ3) is 3.73. The van der Waals surface area contributed by atoms with Crippen LogP contribution in [-0.4, -0.2) is 25.4 Å². The van der Waals surface area contributed by atoms with E-state index in [1.807, 2.05) is 36.4 Å². The van der Waals surface area contributed by atoms with Crippen LogP contribution in [0.5, 0.6) is 0 Å². The molecule has 4 aromatic rings. The summed E-state index contributed by atoms with van der Waals surface area (Å²) in [5, 5.41) is 5.88. The first-order valence-corrected chi connectivity index (χ1v) is 11.2. The predicted octanol–water partition coefficient (Wildman–Crippen LogP) is 5.29. The second kappa shape index (κ2) is 7.85. The SMILES string of the molecule is Cc1ccccc1CSc1nc2nc3c(cn2n1)C(=O)C[C@H](c1ccc(Cl)cc1)C3. The number of halogens is 1. The highest BCUT2D eigenvalue weighted by Crippen LogP contribution is 2.32. The van der Waals surface area contributed by atoms with Crippen molar-refractivity contribution in [2.45, 2.75) is 36.6 Å². The van der Waals surface area contributed by atoms with Crippen molar-refractivity contribution in [1.29, 1.82) is 0 Å². The molecule has 0 radical (unpaired) electrons. The van der Waals surface area contributed by atoms with E-state index in [0.717, 1.165) is 17.0 Å². The zero-order valence-corrected chi connectivity index (χ0v) is 18.0. The molecule has 5 rings (SSSR count). The Morgan fingerprint density at radius 3 is 2.70 bits per heavy atom. The highest BCUT2D eigenvalue weighted by molar-refractivity contribution is 7.98. The molecule has 0 unspecified atom stereocenters. The molecule has 0 saturated carbocycles. The lowest BCUT2D eigenvalue weighted by atomic mass is 9.82. The largest absolute Gasteiger partial charge is 0.294 e. The number of rotatable bonds is 4. The number of nitrogens with zero attached hydrogens (tertiary/aromatic N) is 4. The lowest BCUT2D eigenvalue weighted by molar-refractivity contribution is 0.0962. The molecular formula is C23H19ClN4OS. The Kier molecular flexibility index (Phi) is 5.05. The van der Waals surface area contributed by atoms with Gasteiger partial charge in [-0.2, -0.15) is 4.98 Å². The predicted molar refractivity (Wildman–Crippen MR) is 118 cm³/mol. The number of hydrogen-bond donors (Lipinski definition) is 0. The van der Waals surface area contributed by atoms with Gasteiger partial charge in [-0.05, 0) is 48.1 Å². The molecule has 0 aliphatic heterocycles. The highest BCUT2D eigenvalue weighted by Gasteiger charge is 2.28. The molecule has 0 fully saturated rings. The summed E-state index contributed by atoms with van der Waals surface area (Å²) in [5.74, 6) is 1.52. The van der Waals surface area contributed by atoms with Crippen LogP contribution in [0.25, 0.3) is 5.78 Å². The molecule has 0 bridgehead atoms. The summed E-state index contributed by atoms with van der Waals surface area (Å²) < 4.78 is 1.62. The maximum Gasteiger partial charge on any atom is 0.253 e. The van der Waals surface area contributed by atoms with Gasteiger partial charge in [-0.1, -0.05) is 59.8 Å². The van der Waals surface area contributed by atoms with Crippen LogP contribution in [0.2, 0.25) is 5.02 Å². The number of benzene rings is 2. The number of carbonyl (C=O) groups is 1. The second-order valence-electron chi connectivity index (χ2n) is 7.54. The average Bonchev–Trinajstić information content (AvgIpc) is 3.14. The third-order valence-electron chi connectivity index (χ3n) is 5.52. The molecule has 5 nitrogen and oxygen atoms in total. The number of hydrogen-bond acceptors (Lipinski definition) is 5. The number of aromatic nitrogens is 4. The van der Waals surface area contributed by atoms with Crippen molar-refractivity contribution in [3.05, 3.63) is 87.7 Å². The first-order valence-electron chi connectivity index (χ1n) is 9.79. The molecule has 2 heterocycles. The van der Waals surface area contributed by atoms with E-state index in [1.54, 1.807) is 22.5 Å².